The fourth-order valence-electron chi connectivity index (χ4n) is 1.83. The summed E-state index contributed by atoms with van der Waals surface area (Å²) in [5.41, 5.74) is 2.28. The van der Waals surface area contributed by atoms with Crippen LogP contribution in [0.15, 0.2) is 24.3 Å². The summed E-state index contributed by atoms with van der Waals surface area (Å²) in [4.78, 5) is 13.8. The maximum Gasteiger partial charge on any atom is 0.317 e. The molecule has 1 aromatic rings. The molecule has 0 unspecified atom stereocenters. The summed E-state index contributed by atoms with van der Waals surface area (Å²) in [6.45, 7) is 4.70. The van der Waals surface area contributed by atoms with Crippen molar-refractivity contribution in [3.8, 4) is 0 Å². The summed E-state index contributed by atoms with van der Waals surface area (Å²) >= 11 is 0. The van der Waals surface area contributed by atoms with Gasteiger partial charge in [-0.1, -0.05) is 29.8 Å². The Labute approximate surface area is 120 Å². The molecular formula is C15H24N2O3. The van der Waals surface area contributed by atoms with Crippen molar-refractivity contribution in [2.75, 3.05) is 40.5 Å². The lowest BCUT2D eigenvalue weighted by Gasteiger charge is -2.22. The molecule has 0 aliphatic heterocycles. The average Bonchev–Trinajstić information content (AvgIpc) is 2.45. The first kappa shape index (κ1) is 16.5. The smallest absolute Gasteiger partial charge is 0.317 e. The van der Waals surface area contributed by atoms with Gasteiger partial charge in [-0.3, -0.25) is 0 Å². The number of nitrogens with one attached hydrogen (secondary N) is 1. The number of methoxy groups -OCH3 is 2. The van der Waals surface area contributed by atoms with E-state index in [-0.39, 0.29) is 6.03 Å². The molecule has 0 aromatic heterocycles. The predicted molar refractivity (Wildman–Crippen MR) is 78.7 cm³/mol. The van der Waals surface area contributed by atoms with E-state index in [0.29, 0.717) is 32.8 Å². The molecule has 0 heterocycles. The lowest BCUT2D eigenvalue weighted by molar-refractivity contribution is 0.122. The molecule has 1 aromatic carbocycles. The van der Waals surface area contributed by atoms with Gasteiger partial charge in [-0.05, 0) is 12.5 Å². The van der Waals surface area contributed by atoms with Crippen LogP contribution >= 0.6 is 0 Å². The van der Waals surface area contributed by atoms with E-state index in [1.807, 2.05) is 25.1 Å². The normalized spacial score (nSPS) is 10.3. The van der Waals surface area contributed by atoms with Crippen LogP contribution in [-0.4, -0.2) is 51.5 Å². The monoisotopic (exact) mass is 280 g/mol. The summed E-state index contributed by atoms with van der Waals surface area (Å²) in [6.07, 6.45) is 0. The van der Waals surface area contributed by atoms with Gasteiger partial charge in [-0.2, -0.15) is 0 Å². The fraction of sp³-hybridized carbons (Fsp3) is 0.533. The Morgan fingerprint density at radius 2 is 1.85 bits per heavy atom. The predicted octanol–water partition coefficient (Wildman–Crippen LogP) is 1.80. The standard InChI is InChI=1S/C15H24N2O3/c1-13-5-4-6-14(11-13)12-16-15(18)17(7-9-19-2)8-10-20-3/h4-6,11H,7-10,12H2,1-3H3,(H,16,18). The molecule has 0 spiro atoms. The van der Waals surface area contributed by atoms with E-state index in [1.54, 1.807) is 19.1 Å². The number of rotatable bonds is 8. The van der Waals surface area contributed by atoms with Crippen molar-refractivity contribution < 1.29 is 14.3 Å². The minimum absolute atomic E-state index is 0.0967. The van der Waals surface area contributed by atoms with Gasteiger partial charge in [0.05, 0.1) is 13.2 Å². The van der Waals surface area contributed by atoms with Crippen LogP contribution in [0, 0.1) is 6.92 Å². The van der Waals surface area contributed by atoms with E-state index in [0.717, 1.165) is 5.56 Å². The first-order valence-electron chi connectivity index (χ1n) is 6.73. The van der Waals surface area contributed by atoms with Crippen molar-refractivity contribution in [2.45, 2.75) is 13.5 Å². The largest absolute Gasteiger partial charge is 0.383 e. The third kappa shape index (κ3) is 6.04. The molecule has 5 nitrogen and oxygen atoms in total. The highest BCUT2D eigenvalue weighted by molar-refractivity contribution is 5.74. The lowest BCUT2D eigenvalue weighted by atomic mass is 10.1. The molecule has 0 radical (unpaired) electrons. The third-order valence-corrected chi connectivity index (χ3v) is 2.94. The molecule has 0 saturated carbocycles. The van der Waals surface area contributed by atoms with E-state index >= 15 is 0 Å². The van der Waals surface area contributed by atoms with Gasteiger partial charge in [0.1, 0.15) is 0 Å². The Morgan fingerprint density at radius 1 is 1.20 bits per heavy atom. The quantitative estimate of drug-likeness (QED) is 0.790. The molecule has 0 saturated heterocycles. The molecule has 0 atom stereocenters. The van der Waals surface area contributed by atoms with Gasteiger partial charge < -0.3 is 19.7 Å². The fourth-order valence-corrected chi connectivity index (χ4v) is 1.83. The van der Waals surface area contributed by atoms with Gasteiger partial charge in [-0.25, -0.2) is 4.79 Å². The van der Waals surface area contributed by atoms with Gasteiger partial charge in [0.15, 0.2) is 0 Å². The number of ether oxygens (including phenoxy) is 2. The van der Waals surface area contributed by atoms with Crippen molar-refractivity contribution >= 4 is 6.03 Å². The van der Waals surface area contributed by atoms with Crippen molar-refractivity contribution in [3.63, 3.8) is 0 Å². The third-order valence-electron chi connectivity index (χ3n) is 2.94. The molecule has 0 fully saturated rings. The number of hydrogen-bond acceptors (Lipinski definition) is 3. The number of benzene rings is 1. The van der Waals surface area contributed by atoms with Crippen LogP contribution in [0.3, 0.4) is 0 Å². The number of amides is 2. The zero-order valence-corrected chi connectivity index (χ0v) is 12.5. The molecule has 1 rings (SSSR count). The summed E-state index contributed by atoms with van der Waals surface area (Å²) < 4.78 is 10.0. The second-order valence-electron chi connectivity index (χ2n) is 4.62. The summed E-state index contributed by atoms with van der Waals surface area (Å²) in [7, 11) is 3.25. The van der Waals surface area contributed by atoms with Gasteiger partial charge in [-0.15, -0.1) is 0 Å². The number of carbonyl (C=O) groups excluding carboxylic acids is 1. The van der Waals surface area contributed by atoms with Crippen molar-refractivity contribution in [1.29, 1.82) is 0 Å². The Morgan fingerprint density at radius 3 is 2.40 bits per heavy atom. The number of urea groups is 1. The van der Waals surface area contributed by atoms with E-state index in [2.05, 4.69) is 11.4 Å². The zero-order chi connectivity index (χ0) is 14.8. The van der Waals surface area contributed by atoms with Crippen LogP contribution in [0.2, 0.25) is 0 Å². The first-order valence-corrected chi connectivity index (χ1v) is 6.73. The van der Waals surface area contributed by atoms with Crippen LogP contribution in [0.5, 0.6) is 0 Å². The minimum atomic E-state index is -0.0967. The Balaban J connectivity index is 2.47. The number of nitrogens with zero attached hydrogens (tertiary/aromatic N) is 1. The van der Waals surface area contributed by atoms with E-state index in [1.165, 1.54) is 5.56 Å². The molecule has 20 heavy (non-hydrogen) atoms. The SMILES string of the molecule is COCCN(CCOC)C(=O)NCc1cccc(C)c1. The van der Waals surface area contributed by atoms with Crippen LogP contribution in [0.25, 0.3) is 0 Å². The van der Waals surface area contributed by atoms with Gasteiger partial charge >= 0.3 is 6.03 Å². The lowest BCUT2D eigenvalue weighted by Crippen LogP contribution is -2.43. The molecule has 112 valence electrons. The Kier molecular flexibility index (Phi) is 7.69. The van der Waals surface area contributed by atoms with Crippen LogP contribution < -0.4 is 5.32 Å². The highest BCUT2D eigenvalue weighted by Crippen LogP contribution is 2.03. The van der Waals surface area contributed by atoms with Crippen molar-refractivity contribution in [2.24, 2.45) is 0 Å². The summed E-state index contributed by atoms with van der Waals surface area (Å²) in [6, 6.07) is 8.00. The molecule has 5 heteroatoms. The van der Waals surface area contributed by atoms with Crippen LogP contribution in [-0.2, 0) is 16.0 Å². The van der Waals surface area contributed by atoms with Gasteiger partial charge in [0.2, 0.25) is 0 Å². The van der Waals surface area contributed by atoms with Crippen molar-refractivity contribution in [3.05, 3.63) is 35.4 Å². The van der Waals surface area contributed by atoms with Gasteiger partial charge in [0.25, 0.3) is 0 Å². The summed E-state index contributed by atoms with van der Waals surface area (Å²) in [5.74, 6) is 0. The summed E-state index contributed by atoms with van der Waals surface area (Å²) in [5, 5.41) is 2.92. The molecule has 2 amide bonds. The van der Waals surface area contributed by atoms with E-state index in [4.69, 9.17) is 9.47 Å². The number of hydrogen-bond donors (Lipinski definition) is 1. The molecule has 0 aliphatic carbocycles. The second-order valence-corrected chi connectivity index (χ2v) is 4.62. The average molecular weight is 280 g/mol. The highest BCUT2D eigenvalue weighted by atomic mass is 16.5. The van der Waals surface area contributed by atoms with Crippen molar-refractivity contribution in [1.82, 2.24) is 10.2 Å². The molecule has 0 aliphatic rings. The number of carbonyl (C=O) groups is 1. The molecular weight excluding hydrogens is 256 g/mol. The second kappa shape index (κ2) is 9.34. The minimum Gasteiger partial charge on any atom is -0.383 e. The molecule has 0 bridgehead atoms. The Bertz CT molecular complexity index is 402. The highest BCUT2D eigenvalue weighted by Gasteiger charge is 2.12. The number of aryl methyl sites for hydroxylation is 1. The molecule has 1 N–H and O–H groups in total. The zero-order valence-electron chi connectivity index (χ0n) is 12.5. The van der Waals surface area contributed by atoms with Crippen LogP contribution in [0.1, 0.15) is 11.1 Å². The van der Waals surface area contributed by atoms with E-state index in [9.17, 15) is 4.79 Å². The van der Waals surface area contributed by atoms with Crippen LogP contribution in [0.4, 0.5) is 4.79 Å². The van der Waals surface area contributed by atoms with E-state index < -0.39 is 0 Å². The topological polar surface area (TPSA) is 50.8 Å². The van der Waals surface area contributed by atoms with Gasteiger partial charge in [0, 0.05) is 33.9 Å². The maximum absolute atomic E-state index is 12.1. The maximum atomic E-state index is 12.1. The Hall–Kier alpha value is -1.59. The first-order chi connectivity index (χ1) is 9.67.